The second-order valence-corrected chi connectivity index (χ2v) is 20.4. The summed E-state index contributed by atoms with van der Waals surface area (Å²) in [5.74, 6) is 0. The van der Waals surface area contributed by atoms with Gasteiger partial charge in [0.1, 0.15) is 0 Å². The molecule has 0 aliphatic rings. The summed E-state index contributed by atoms with van der Waals surface area (Å²) >= 11 is 0. The molecular weight excluding hydrogens is 769 g/mol. The van der Waals surface area contributed by atoms with Crippen LogP contribution in [0.25, 0.3) is 229 Å². The van der Waals surface area contributed by atoms with Crippen molar-refractivity contribution in [2.24, 2.45) is 0 Å². The molecule has 21 rings (SSSR count). The predicted molar refractivity (Wildman–Crippen MR) is 281 cm³/mol. The molecule has 0 atom stereocenters. The molecular formula is C64H24. The fourth-order valence-corrected chi connectivity index (χ4v) is 15.9. The molecule has 280 valence electrons. The highest BCUT2D eigenvalue weighted by molar-refractivity contribution is 6.63. The molecule has 64 heavy (non-hydrogen) atoms. The maximum atomic E-state index is 4.46. The molecule has 21 aromatic rings. The van der Waals surface area contributed by atoms with E-state index in [1.54, 1.807) is 0 Å². The third-order valence-corrected chi connectivity index (χ3v) is 17.6. The fraction of sp³-hybridized carbons (Fsp3) is 0. The maximum absolute atomic E-state index is 4.46. The van der Waals surface area contributed by atoms with Crippen LogP contribution in [0.1, 0.15) is 0 Å². The molecule has 0 aromatic heterocycles. The average molecular weight is 793 g/mol. The van der Waals surface area contributed by atoms with Crippen LogP contribution in [0.2, 0.25) is 0 Å². The van der Waals surface area contributed by atoms with Gasteiger partial charge in [0.2, 0.25) is 0 Å². The molecule has 0 saturated carbocycles. The van der Waals surface area contributed by atoms with Crippen molar-refractivity contribution in [2.45, 2.75) is 0 Å². The molecule has 0 spiro atoms. The van der Waals surface area contributed by atoms with E-state index in [2.05, 4.69) is 134 Å². The van der Waals surface area contributed by atoms with Gasteiger partial charge in [-0.05, 0) is 323 Å². The van der Waals surface area contributed by atoms with E-state index in [0.717, 1.165) is 10.4 Å². The summed E-state index contributed by atoms with van der Waals surface area (Å²) in [7, 11) is 0. The van der Waals surface area contributed by atoms with Gasteiger partial charge < -0.3 is 0 Å². The van der Waals surface area contributed by atoms with Crippen LogP contribution in [-0.4, -0.2) is 0 Å². The van der Waals surface area contributed by atoms with Crippen LogP contribution in [0.4, 0.5) is 0 Å². The summed E-state index contributed by atoms with van der Waals surface area (Å²) in [6.45, 7) is 8.93. The van der Waals surface area contributed by atoms with E-state index < -0.39 is 0 Å². The van der Waals surface area contributed by atoms with Crippen LogP contribution in [-0.2, 0) is 0 Å². The summed E-state index contributed by atoms with van der Waals surface area (Å²) in [5, 5.41) is 58.0. The van der Waals surface area contributed by atoms with Gasteiger partial charge in [0.15, 0.2) is 0 Å². The zero-order valence-corrected chi connectivity index (χ0v) is 34.0. The van der Waals surface area contributed by atoms with E-state index in [9.17, 15) is 0 Å². The van der Waals surface area contributed by atoms with E-state index in [1.165, 1.54) is 215 Å². The van der Waals surface area contributed by atoms with Crippen molar-refractivity contribution in [1.29, 1.82) is 0 Å². The van der Waals surface area contributed by atoms with E-state index in [1.807, 2.05) is 0 Å². The monoisotopic (exact) mass is 792 g/mol. The molecule has 0 heteroatoms. The zero-order valence-electron chi connectivity index (χ0n) is 34.0. The van der Waals surface area contributed by atoms with Crippen LogP contribution in [0, 0.1) is 0 Å². The molecule has 0 fully saturated rings. The van der Waals surface area contributed by atoms with E-state index in [0.29, 0.717) is 0 Å². The van der Waals surface area contributed by atoms with Crippen molar-refractivity contribution in [3.8, 4) is 0 Å². The lowest BCUT2D eigenvalue weighted by molar-refractivity contribution is 1.74. The summed E-state index contributed by atoms with van der Waals surface area (Å²) in [6.07, 6.45) is 0. The molecule has 0 bridgehead atoms. The lowest BCUT2D eigenvalue weighted by Gasteiger charge is -2.30. The van der Waals surface area contributed by atoms with Gasteiger partial charge in [-0.1, -0.05) is 37.4 Å². The van der Waals surface area contributed by atoms with Crippen LogP contribution in [0.5, 0.6) is 0 Å². The first-order chi connectivity index (χ1) is 31.5. The van der Waals surface area contributed by atoms with Gasteiger partial charge in [-0.3, -0.25) is 0 Å². The zero-order chi connectivity index (χ0) is 40.4. The highest BCUT2D eigenvalue weighted by atomic mass is 14.4. The number of hydrogen-bond donors (Lipinski definition) is 0. The first-order valence-corrected chi connectivity index (χ1v) is 22.8. The molecule has 0 N–H and O–H groups in total. The second kappa shape index (κ2) is 8.31. The Morgan fingerprint density at radius 1 is 0.141 bits per heavy atom. The van der Waals surface area contributed by atoms with Gasteiger partial charge in [-0.15, -0.1) is 0 Å². The van der Waals surface area contributed by atoms with Crippen LogP contribution in [0.3, 0.4) is 0 Å². The van der Waals surface area contributed by atoms with Crippen molar-refractivity contribution in [3.63, 3.8) is 0 Å². The fourth-order valence-electron chi connectivity index (χ4n) is 15.9. The van der Waals surface area contributed by atoms with Gasteiger partial charge in [0, 0.05) is 0 Å². The Morgan fingerprint density at radius 2 is 0.281 bits per heavy atom. The Labute approximate surface area is 358 Å². The van der Waals surface area contributed by atoms with Crippen LogP contribution in [0.15, 0.2) is 121 Å². The van der Waals surface area contributed by atoms with Gasteiger partial charge >= 0.3 is 0 Å². The normalized spacial score (nSPS) is 14.4. The predicted octanol–water partition coefficient (Wildman–Crippen LogP) is 16.8. The molecule has 0 aliphatic carbocycles. The average Bonchev–Trinajstić information content (AvgIpc) is 3.28. The second-order valence-electron chi connectivity index (χ2n) is 20.4. The standard InChI is InChI=1S/C64H24/c1-23-7-29-11-25-3-5-27-13-33-18-38-22-40-20-36-16-32-10-24(2)8-30-12-26-4-6-28-14-34-17-37-21-39-19-35-15-31(9-23)41(29)55-43(25)45(27)57-49(33)61-54(38)64-52(40)60-48(36)56(42(30)32)44(26)46(28)58(60)50(34)62(64)53(37)63(61)51(39)59(57)47(35)55/h3-22H,1-2H2. The highest BCUT2D eigenvalue weighted by Crippen LogP contribution is 2.63. The lowest BCUT2D eigenvalue weighted by Crippen LogP contribution is -2.03. The smallest absolute Gasteiger partial charge is 0.0000906 e. The van der Waals surface area contributed by atoms with Crippen LogP contribution < -0.4 is 10.4 Å². The largest absolute Gasteiger partial charge is 0.0917 e. The summed E-state index contributed by atoms with van der Waals surface area (Å²) < 4.78 is 0. The highest BCUT2D eigenvalue weighted by Gasteiger charge is 2.34. The van der Waals surface area contributed by atoms with Crippen molar-refractivity contribution in [1.82, 2.24) is 0 Å². The van der Waals surface area contributed by atoms with Crippen molar-refractivity contribution >= 4 is 229 Å². The number of rotatable bonds is 0. The van der Waals surface area contributed by atoms with E-state index in [4.69, 9.17) is 0 Å². The molecule has 21 aromatic carbocycles. The molecule has 0 saturated heterocycles. The van der Waals surface area contributed by atoms with E-state index in [-0.39, 0.29) is 0 Å². The first-order valence-electron chi connectivity index (χ1n) is 22.8. The van der Waals surface area contributed by atoms with Gasteiger partial charge in [0.05, 0.1) is 0 Å². The van der Waals surface area contributed by atoms with E-state index >= 15 is 0 Å². The topological polar surface area (TPSA) is 0 Å². The van der Waals surface area contributed by atoms with Gasteiger partial charge in [-0.25, -0.2) is 0 Å². The van der Waals surface area contributed by atoms with Crippen molar-refractivity contribution in [2.75, 3.05) is 0 Å². The number of benzene rings is 21. The Bertz CT molecular complexity index is 5490. The first kappa shape index (κ1) is 29.1. The molecule has 0 unspecified atom stereocenters. The van der Waals surface area contributed by atoms with Gasteiger partial charge in [0.25, 0.3) is 0 Å². The molecule has 0 nitrogen and oxygen atoms in total. The molecule has 0 radical (unpaired) electrons. The molecule has 0 aliphatic heterocycles. The lowest BCUT2D eigenvalue weighted by atomic mass is 9.71. The Kier molecular flexibility index (Phi) is 3.78. The number of hydrogen-bond acceptors (Lipinski definition) is 0. The Hall–Kier alpha value is -8.32. The third-order valence-electron chi connectivity index (χ3n) is 17.6. The molecule has 0 amide bonds. The third kappa shape index (κ3) is 2.55. The maximum Gasteiger partial charge on any atom is -0.0000906 e. The van der Waals surface area contributed by atoms with Crippen molar-refractivity contribution in [3.05, 3.63) is 132 Å². The SMILES string of the molecule is C=c1cc2cc3ccc4cc5cc6cc7cc8cc9cc(=C)cc%10cc%11ccc%12cc%13cc%14cc%15cc%16cc(c1)c2c1c3c4c2c5c3c6c4c7c5c8c(c%109)c%11c%12c5c%13c4c%14c3c%15c2c%161. The van der Waals surface area contributed by atoms with Crippen LogP contribution >= 0.6 is 0 Å². The summed E-state index contributed by atoms with van der Waals surface area (Å²) in [5.41, 5.74) is 0. The minimum atomic E-state index is 1.07. The minimum Gasteiger partial charge on any atom is -0.0917 e. The quantitative estimate of drug-likeness (QED) is 0.106. The summed E-state index contributed by atoms with van der Waals surface area (Å²) in [4.78, 5) is 0. The Morgan fingerprint density at radius 3 is 0.484 bits per heavy atom. The van der Waals surface area contributed by atoms with Crippen molar-refractivity contribution < 1.29 is 0 Å². The molecule has 0 heterocycles. The minimum absolute atomic E-state index is 1.07. The van der Waals surface area contributed by atoms with Gasteiger partial charge in [-0.2, -0.15) is 0 Å². The summed E-state index contributed by atoms with van der Waals surface area (Å²) in [6, 6.07) is 49.1. The Balaban J connectivity index is 1.16.